The molecule has 0 bridgehead atoms. The molecule has 0 aliphatic heterocycles. The van der Waals surface area contributed by atoms with Crippen LogP contribution in [0, 0.1) is 12.7 Å². The van der Waals surface area contributed by atoms with E-state index in [1.165, 1.54) is 28.8 Å². The standard InChI is InChI=1S/C23H24FNO.ClH/c1-18-2-4-21(5-3-18)17-26-23-12-8-20(9-13-23)16-25-15-14-19-6-10-22(24)11-7-19;/h2-13,25H,14-17H2,1H3;1H. The molecule has 3 rings (SSSR count). The molecule has 4 heteroatoms. The zero-order valence-electron chi connectivity index (χ0n) is 15.5. The normalized spacial score (nSPS) is 10.3. The van der Waals surface area contributed by atoms with Crippen molar-refractivity contribution in [1.82, 2.24) is 5.32 Å². The Morgan fingerprint density at radius 1 is 0.778 bits per heavy atom. The third kappa shape index (κ3) is 7.05. The van der Waals surface area contributed by atoms with Crippen LogP contribution in [0.25, 0.3) is 0 Å². The highest BCUT2D eigenvalue weighted by Gasteiger charge is 1.99. The second-order valence-corrected chi connectivity index (χ2v) is 6.47. The highest BCUT2D eigenvalue weighted by atomic mass is 35.5. The number of benzene rings is 3. The first-order chi connectivity index (χ1) is 12.7. The molecule has 0 unspecified atom stereocenters. The van der Waals surface area contributed by atoms with E-state index in [-0.39, 0.29) is 18.2 Å². The van der Waals surface area contributed by atoms with Crippen LogP contribution in [-0.4, -0.2) is 6.54 Å². The minimum absolute atomic E-state index is 0. The average Bonchev–Trinajstić information content (AvgIpc) is 2.67. The lowest BCUT2D eigenvalue weighted by atomic mass is 10.1. The Hall–Kier alpha value is -2.36. The Labute approximate surface area is 166 Å². The molecule has 0 saturated heterocycles. The minimum Gasteiger partial charge on any atom is -0.489 e. The molecule has 3 aromatic carbocycles. The van der Waals surface area contributed by atoms with Gasteiger partial charge in [0.05, 0.1) is 0 Å². The highest BCUT2D eigenvalue weighted by Crippen LogP contribution is 2.14. The number of hydrogen-bond donors (Lipinski definition) is 1. The molecular formula is C23H25ClFNO. The summed E-state index contributed by atoms with van der Waals surface area (Å²) in [6.07, 6.45) is 0.887. The van der Waals surface area contributed by atoms with E-state index in [4.69, 9.17) is 4.74 Å². The lowest BCUT2D eigenvalue weighted by molar-refractivity contribution is 0.306. The van der Waals surface area contributed by atoms with E-state index in [1.54, 1.807) is 0 Å². The Balaban J connectivity index is 0.00000261. The summed E-state index contributed by atoms with van der Waals surface area (Å²) < 4.78 is 18.7. The molecule has 3 aromatic rings. The third-order valence-electron chi connectivity index (χ3n) is 4.28. The molecule has 0 atom stereocenters. The van der Waals surface area contributed by atoms with E-state index >= 15 is 0 Å². The van der Waals surface area contributed by atoms with Crippen LogP contribution < -0.4 is 10.1 Å². The van der Waals surface area contributed by atoms with Crippen molar-refractivity contribution in [2.75, 3.05) is 6.54 Å². The Morgan fingerprint density at radius 3 is 2.04 bits per heavy atom. The van der Waals surface area contributed by atoms with Gasteiger partial charge < -0.3 is 10.1 Å². The monoisotopic (exact) mass is 385 g/mol. The first kappa shape index (κ1) is 20.9. The summed E-state index contributed by atoms with van der Waals surface area (Å²) >= 11 is 0. The van der Waals surface area contributed by atoms with Crippen LogP contribution in [0.4, 0.5) is 4.39 Å². The molecule has 0 radical (unpaired) electrons. The first-order valence-corrected chi connectivity index (χ1v) is 8.91. The lowest BCUT2D eigenvalue weighted by Crippen LogP contribution is -2.16. The fraction of sp³-hybridized carbons (Fsp3) is 0.217. The maximum atomic E-state index is 12.9. The van der Waals surface area contributed by atoms with Gasteiger partial charge in [0.15, 0.2) is 0 Å². The Kier molecular flexibility index (Phi) is 8.31. The van der Waals surface area contributed by atoms with Crippen molar-refractivity contribution in [2.45, 2.75) is 26.5 Å². The summed E-state index contributed by atoms with van der Waals surface area (Å²) in [5.74, 6) is 0.687. The predicted molar refractivity (Wildman–Crippen MR) is 111 cm³/mol. The third-order valence-corrected chi connectivity index (χ3v) is 4.28. The summed E-state index contributed by atoms with van der Waals surface area (Å²) in [5.41, 5.74) is 4.78. The van der Waals surface area contributed by atoms with Crippen LogP contribution in [-0.2, 0) is 19.6 Å². The molecule has 0 spiro atoms. The number of rotatable bonds is 8. The highest BCUT2D eigenvalue weighted by molar-refractivity contribution is 5.85. The van der Waals surface area contributed by atoms with E-state index < -0.39 is 0 Å². The van der Waals surface area contributed by atoms with Crippen LogP contribution in [0.15, 0.2) is 72.8 Å². The van der Waals surface area contributed by atoms with E-state index in [0.29, 0.717) is 6.61 Å². The molecule has 1 N–H and O–H groups in total. The molecule has 0 heterocycles. The van der Waals surface area contributed by atoms with Crippen molar-refractivity contribution < 1.29 is 9.13 Å². The minimum atomic E-state index is -0.189. The van der Waals surface area contributed by atoms with Crippen molar-refractivity contribution >= 4 is 12.4 Å². The van der Waals surface area contributed by atoms with Gasteiger partial charge in [0.2, 0.25) is 0 Å². The molecule has 27 heavy (non-hydrogen) atoms. The van der Waals surface area contributed by atoms with Crippen LogP contribution in [0.3, 0.4) is 0 Å². The molecule has 0 amide bonds. The summed E-state index contributed by atoms with van der Waals surface area (Å²) in [6, 6.07) is 23.2. The van der Waals surface area contributed by atoms with E-state index in [1.807, 2.05) is 24.3 Å². The van der Waals surface area contributed by atoms with Gasteiger partial charge in [-0.15, -0.1) is 12.4 Å². The molecule has 0 saturated carbocycles. The zero-order chi connectivity index (χ0) is 18.2. The molecule has 2 nitrogen and oxygen atoms in total. The van der Waals surface area contributed by atoms with E-state index in [9.17, 15) is 4.39 Å². The van der Waals surface area contributed by atoms with Gasteiger partial charge in [0, 0.05) is 6.54 Å². The Morgan fingerprint density at radius 2 is 1.37 bits per heavy atom. The molecular weight excluding hydrogens is 361 g/mol. The second kappa shape index (κ2) is 10.7. The molecule has 0 fully saturated rings. The SMILES string of the molecule is Cc1ccc(COc2ccc(CNCCc3ccc(F)cc3)cc2)cc1.Cl. The number of halogens is 2. The number of hydrogen-bond acceptors (Lipinski definition) is 2. The maximum Gasteiger partial charge on any atom is 0.123 e. The van der Waals surface area contributed by atoms with Gasteiger partial charge in [-0.05, 0) is 60.8 Å². The van der Waals surface area contributed by atoms with Crippen molar-refractivity contribution in [2.24, 2.45) is 0 Å². The molecule has 142 valence electrons. The van der Waals surface area contributed by atoms with Crippen molar-refractivity contribution in [1.29, 1.82) is 0 Å². The molecule has 0 aliphatic carbocycles. The van der Waals surface area contributed by atoms with Crippen molar-refractivity contribution in [3.8, 4) is 5.75 Å². The largest absolute Gasteiger partial charge is 0.489 e. The average molecular weight is 386 g/mol. The zero-order valence-corrected chi connectivity index (χ0v) is 16.3. The predicted octanol–water partition coefficient (Wildman–Crippen LogP) is 5.47. The fourth-order valence-corrected chi connectivity index (χ4v) is 2.67. The molecule has 0 aliphatic rings. The first-order valence-electron chi connectivity index (χ1n) is 8.91. The van der Waals surface area contributed by atoms with Gasteiger partial charge in [0.1, 0.15) is 18.2 Å². The van der Waals surface area contributed by atoms with Gasteiger partial charge in [-0.3, -0.25) is 0 Å². The summed E-state index contributed by atoms with van der Waals surface area (Å²) in [7, 11) is 0. The summed E-state index contributed by atoms with van der Waals surface area (Å²) in [5, 5.41) is 3.41. The van der Waals surface area contributed by atoms with Crippen LogP contribution >= 0.6 is 12.4 Å². The van der Waals surface area contributed by atoms with E-state index in [0.717, 1.165) is 30.8 Å². The van der Waals surface area contributed by atoms with Crippen LogP contribution in [0.2, 0.25) is 0 Å². The summed E-state index contributed by atoms with van der Waals surface area (Å²) in [6.45, 7) is 4.32. The van der Waals surface area contributed by atoms with Gasteiger partial charge in [-0.2, -0.15) is 0 Å². The smallest absolute Gasteiger partial charge is 0.123 e. The quantitative estimate of drug-likeness (QED) is 0.519. The van der Waals surface area contributed by atoms with Gasteiger partial charge in [0.25, 0.3) is 0 Å². The number of aryl methyl sites for hydroxylation is 1. The van der Waals surface area contributed by atoms with Crippen LogP contribution in [0.1, 0.15) is 22.3 Å². The van der Waals surface area contributed by atoms with Crippen LogP contribution in [0.5, 0.6) is 5.75 Å². The van der Waals surface area contributed by atoms with Gasteiger partial charge in [-0.25, -0.2) is 4.39 Å². The van der Waals surface area contributed by atoms with Gasteiger partial charge >= 0.3 is 0 Å². The summed E-state index contributed by atoms with van der Waals surface area (Å²) in [4.78, 5) is 0. The maximum absolute atomic E-state index is 12.9. The van der Waals surface area contributed by atoms with Crippen molar-refractivity contribution in [3.05, 3.63) is 101 Å². The van der Waals surface area contributed by atoms with Gasteiger partial charge in [-0.1, -0.05) is 54.1 Å². The number of ether oxygens (including phenoxy) is 1. The topological polar surface area (TPSA) is 21.3 Å². The number of nitrogens with one attached hydrogen (secondary N) is 1. The van der Waals surface area contributed by atoms with Crippen molar-refractivity contribution in [3.63, 3.8) is 0 Å². The van der Waals surface area contributed by atoms with E-state index in [2.05, 4.69) is 48.6 Å². The Bertz CT molecular complexity index is 801. The second-order valence-electron chi connectivity index (χ2n) is 6.47. The lowest BCUT2D eigenvalue weighted by Gasteiger charge is -2.09. The fourth-order valence-electron chi connectivity index (χ4n) is 2.67. The molecule has 0 aromatic heterocycles.